The molecule has 0 unspecified atom stereocenters. The lowest BCUT2D eigenvalue weighted by Gasteiger charge is -2.43. The van der Waals surface area contributed by atoms with Crippen LogP contribution >= 0.6 is 0 Å². The summed E-state index contributed by atoms with van der Waals surface area (Å²) in [5.74, 6) is 2.60. The van der Waals surface area contributed by atoms with Crippen LogP contribution in [0.3, 0.4) is 0 Å². The van der Waals surface area contributed by atoms with Crippen LogP contribution in [0.25, 0.3) is 6.08 Å². The van der Waals surface area contributed by atoms with Gasteiger partial charge in [0.2, 0.25) is 5.91 Å². The number of piperazine rings is 1. The molecule has 2 aromatic heterocycles. The summed E-state index contributed by atoms with van der Waals surface area (Å²) in [6, 6.07) is 8.33. The summed E-state index contributed by atoms with van der Waals surface area (Å²) in [5, 5.41) is 13.5. The van der Waals surface area contributed by atoms with Crippen LogP contribution in [-0.4, -0.2) is 59.2 Å². The van der Waals surface area contributed by atoms with E-state index in [1.807, 2.05) is 18.2 Å². The number of hydrogen-bond acceptors (Lipinski definition) is 7. The van der Waals surface area contributed by atoms with Crippen LogP contribution in [0.2, 0.25) is 0 Å². The zero-order valence-electron chi connectivity index (χ0n) is 20.5. The lowest BCUT2D eigenvalue weighted by molar-refractivity contribution is -0.142. The number of nitriles is 1. The molecule has 2 aliphatic heterocycles. The van der Waals surface area contributed by atoms with Crippen molar-refractivity contribution in [1.82, 2.24) is 14.9 Å². The average Bonchev–Trinajstić information content (AvgIpc) is 3.79. The van der Waals surface area contributed by atoms with Gasteiger partial charge >= 0.3 is 0 Å². The summed E-state index contributed by atoms with van der Waals surface area (Å²) in [7, 11) is 0. The zero-order valence-corrected chi connectivity index (χ0v) is 20.5. The molecule has 2 saturated heterocycles. The Labute approximate surface area is 212 Å². The molecule has 0 radical (unpaired) electrons. The second-order valence-corrected chi connectivity index (χ2v) is 10.4. The highest BCUT2D eigenvalue weighted by molar-refractivity contribution is 5.78. The van der Waals surface area contributed by atoms with E-state index in [-0.39, 0.29) is 18.1 Å². The molecule has 0 aromatic carbocycles. The minimum Gasteiger partial charge on any atom is -0.377 e. The van der Waals surface area contributed by atoms with E-state index in [4.69, 9.17) is 9.72 Å². The van der Waals surface area contributed by atoms with Gasteiger partial charge < -0.3 is 19.9 Å². The van der Waals surface area contributed by atoms with Crippen molar-refractivity contribution in [2.75, 3.05) is 36.5 Å². The van der Waals surface area contributed by atoms with Crippen molar-refractivity contribution < 1.29 is 9.53 Å². The van der Waals surface area contributed by atoms with Gasteiger partial charge in [-0.15, -0.1) is 0 Å². The molecule has 4 aliphatic rings. The maximum absolute atomic E-state index is 13.1. The molecule has 6 rings (SSSR count). The third-order valence-electron chi connectivity index (χ3n) is 7.80. The van der Waals surface area contributed by atoms with Crippen LogP contribution in [-0.2, 0) is 9.53 Å². The highest BCUT2D eigenvalue weighted by atomic mass is 16.5. The summed E-state index contributed by atoms with van der Waals surface area (Å²) in [6.07, 6.45) is 9.61. The minimum absolute atomic E-state index is 0.0880. The van der Waals surface area contributed by atoms with Crippen molar-refractivity contribution in [2.24, 2.45) is 5.92 Å². The topological polar surface area (TPSA) is 94.4 Å². The second kappa shape index (κ2) is 9.55. The quantitative estimate of drug-likeness (QED) is 0.599. The van der Waals surface area contributed by atoms with Crippen LogP contribution in [0, 0.1) is 17.2 Å². The number of aromatic nitrogens is 2. The average molecular weight is 485 g/mol. The number of amides is 1. The Kier molecular flexibility index (Phi) is 6.10. The lowest BCUT2D eigenvalue weighted by atomic mass is 10.0. The van der Waals surface area contributed by atoms with E-state index < -0.39 is 0 Å². The first-order valence-corrected chi connectivity index (χ1v) is 13.1. The number of nitrogens with one attached hydrogen (secondary N) is 1. The Bertz CT molecular complexity index is 1210. The van der Waals surface area contributed by atoms with Crippen molar-refractivity contribution in [3.63, 3.8) is 0 Å². The fraction of sp³-hybridized carbons (Fsp3) is 0.500. The van der Waals surface area contributed by atoms with Crippen molar-refractivity contribution >= 4 is 29.3 Å². The molecule has 2 atom stereocenters. The van der Waals surface area contributed by atoms with Gasteiger partial charge in [-0.3, -0.25) is 4.79 Å². The molecule has 186 valence electrons. The smallest absolute Gasteiger partial charge is 0.225 e. The van der Waals surface area contributed by atoms with Crippen LogP contribution < -0.4 is 10.2 Å². The predicted octanol–water partition coefficient (Wildman–Crippen LogP) is 4.22. The normalized spacial score (nSPS) is 23.5. The van der Waals surface area contributed by atoms with E-state index in [1.165, 1.54) is 0 Å². The molecule has 8 nitrogen and oxygen atoms in total. The van der Waals surface area contributed by atoms with Crippen molar-refractivity contribution in [1.29, 1.82) is 5.26 Å². The number of carbonyl (C=O) groups excluding carboxylic acids is 1. The molecule has 2 aliphatic carbocycles. The maximum atomic E-state index is 13.1. The Morgan fingerprint density at radius 1 is 1.25 bits per heavy atom. The van der Waals surface area contributed by atoms with Crippen LogP contribution in [0.5, 0.6) is 0 Å². The van der Waals surface area contributed by atoms with Crippen LogP contribution in [0.4, 0.5) is 17.3 Å². The number of carbonyl (C=O) groups is 1. The molecule has 0 bridgehead atoms. The Morgan fingerprint density at radius 2 is 2.08 bits per heavy atom. The highest BCUT2D eigenvalue weighted by Gasteiger charge is 2.42. The van der Waals surface area contributed by atoms with Gasteiger partial charge in [0.1, 0.15) is 17.7 Å². The van der Waals surface area contributed by atoms with Gasteiger partial charge in [0.05, 0.1) is 35.5 Å². The molecular weight excluding hydrogens is 452 g/mol. The summed E-state index contributed by atoms with van der Waals surface area (Å²) in [4.78, 5) is 26.9. The first kappa shape index (κ1) is 23.0. The largest absolute Gasteiger partial charge is 0.377 e. The number of pyridine rings is 2. The van der Waals surface area contributed by atoms with E-state index >= 15 is 0 Å². The Hall–Kier alpha value is -3.44. The van der Waals surface area contributed by atoms with E-state index in [9.17, 15) is 10.1 Å². The number of ether oxygens (including phenoxy) is 1. The molecule has 1 amide bonds. The maximum Gasteiger partial charge on any atom is 0.225 e. The fourth-order valence-corrected chi connectivity index (χ4v) is 5.34. The molecule has 36 heavy (non-hydrogen) atoms. The molecular formula is C28H32N6O2. The summed E-state index contributed by atoms with van der Waals surface area (Å²) in [5.41, 5.74) is 3.38. The van der Waals surface area contributed by atoms with Crippen LogP contribution in [0.15, 0.2) is 31.0 Å². The monoisotopic (exact) mass is 484 g/mol. The number of rotatable bonds is 8. The standard InChI is InChI=1S/C28H32N6O2/c1-2-18-7-9-30-25(13-18)31-23-14-21(16-29)28(32-27(23)20-5-6-20)33-10-11-34(24(17-33)19-3-4-19)26(35)15-22-8-12-36-22/h2,7,9,13-14,19-20,22,24H,1,3-6,8,10-12,15,17H2,(H,30,31)/t22-,24+/m1/s1. The third kappa shape index (κ3) is 4.68. The van der Waals surface area contributed by atoms with Gasteiger partial charge in [0, 0.05) is 38.4 Å². The second-order valence-electron chi connectivity index (χ2n) is 10.4. The SMILES string of the molecule is C=Cc1ccnc(Nc2cc(C#N)c(N3CCN(C(=O)C[C@H]4CCO4)[C@H](C4CC4)C3)nc2C2CC2)c1. The number of hydrogen-bond donors (Lipinski definition) is 1. The van der Waals surface area contributed by atoms with Gasteiger partial charge in [-0.2, -0.15) is 5.26 Å². The first-order chi connectivity index (χ1) is 17.6. The molecule has 8 heteroatoms. The van der Waals surface area contributed by atoms with Crippen molar-refractivity contribution in [2.45, 2.75) is 56.6 Å². The van der Waals surface area contributed by atoms with Gasteiger partial charge in [-0.05, 0) is 61.8 Å². The zero-order chi connectivity index (χ0) is 24.6. The van der Waals surface area contributed by atoms with Gasteiger partial charge in [-0.1, -0.05) is 12.7 Å². The van der Waals surface area contributed by atoms with E-state index in [0.29, 0.717) is 42.7 Å². The summed E-state index contributed by atoms with van der Waals surface area (Å²) in [6.45, 7) is 6.68. The molecule has 4 heterocycles. The highest BCUT2D eigenvalue weighted by Crippen LogP contribution is 2.45. The van der Waals surface area contributed by atoms with Crippen molar-refractivity contribution in [3.8, 4) is 6.07 Å². The number of nitrogens with zero attached hydrogens (tertiary/aromatic N) is 5. The Morgan fingerprint density at radius 3 is 2.75 bits per heavy atom. The van der Waals surface area contributed by atoms with Crippen molar-refractivity contribution in [3.05, 3.63) is 47.8 Å². The summed E-state index contributed by atoms with van der Waals surface area (Å²) < 4.78 is 5.51. The molecule has 2 saturated carbocycles. The lowest BCUT2D eigenvalue weighted by Crippen LogP contribution is -2.57. The van der Waals surface area contributed by atoms with Crippen LogP contribution in [0.1, 0.15) is 61.3 Å². The van der Waals surface area contributed by atoms with E-state index in [2.05, 4.69) is 32.7 Å². The van der Waals surface area contributed by atoms with E-state index in [0.717, 1.165) is 68.0 Å². The molecule has 0 spiro atoms. The van der Waals surface area contributed by atoms with Gasteiger partial charge in [-0.25, -0.2) is 9.97 Å². The Balaban J connectivity index is 1.26. The number of anilines is 3. The molecule has 1 N–H and O–H groups in total. The predicted molar refractivity (Wildman–Crippen MR) is 138 cm³/mol. The first-order valence-electron chi connectivity index (χ1n) is 13.1. The fourth-order valence-electron chi connectivity index (χ4n) is 5.34. The summed E-state index contributed by atoms with van der Waals surface area (Å²) >= 11 is 0. The van der Waals surface area contributed by atoms with E-state index in [1.54, 1.807) is 12.3 Å². The molecule has 2 aromatic rings. The molecule has 4 fully saturated rings. The minimum atomic E-state index is 0.0880. The van der Waals surface area contributed by atoms with Gasteiger partial charge in [0.25, 0.3) is 0 Å². The third-order valence-corrected chi connectivity index (χ3v) is 7.80. The van der Waals surface area contributed by atoms with Gasteiger partial charge in [0.15, 0.2) is 0 Å².